The molecule has 2 N–H and O–H groups in total. The van der Waals surface area contributed by atoms with Gasteiger partial charge in [-0.25, -0.2) is 5.84 Å². The molecule has 0 saturated carbocycles. The Bertz CT molecular complexity index is 802. The van der Waals surface area contributed by atoms with Crippen LogP contribution in [0.4, 0.5) is 11.4 Å². The zero-order valence-corrected chi connectivity index (χ0v) is 13.8. The minimum absolute atomic E-state index is 0.798. The fraction of sp³-hybridized carbons (Fsp3) is 0.100. The molecule has 0 saturated heterocycles. The van der Waals surface area contributed by atoms with E-state index in [-0.39, 0.29) is 0 Å². The molecule has 3 aromatic carbocycles. The number of rotatable bonds is 5. The summed E-state index contributed by atoms with van der Waals surface area (Å²) < 4.78 is 10.7. The quantitative estimate of drug-likeness (QED) is 0.560. The van der Waals surface area contributed by atoms with Crippen molar-refractivity contribution in [3.63, 3.8) is 0 Å². The summed E-state index contributed by atoms with van der Waals surface area (Å²) in [7, 11) is 3.32. The normalized spacial score (nSPS) is 10.3. The fourth-order valence-corrected chi connectivity index (χ4v) is 2.58. The summed E-state index contributed by atoms with van der Waals surface area (Å²) in [6.45, 7) is 0. The Hall–Kier alpha value is -2.98. The number of anilines is 2. The van der Waals surface area contributed by atoms with E-state index in [9.17, 15) is 0 Å². The van der Waals surface area contributed by atoms with E-state index in [0.29, 0.717) is 0 Å². The van der Waals surface area contributed by atoms with Crippen molar-refractivity contribution < 1.29 is 9.47 Å². The Labute approximate surface area is 142 Å². The van der Waals surface area contributed by atoms with E-state index in [1.807, 2.05) is 60.7 Å². The van der Waals surface area contributed by atoms with Crippen LogP contribution < -0.4 is 20.3 Å². The zero-order valence-electron chi connectivity index (χ0n) is 13.8. The van der Waals surface area contributed by atoms with Crippen molar-refractivity contribution in [2.75, 3.05) is 19.2 Å². The summed E-state index contributed by atoms with van der Waals surface area (Å²) in [4.78, 5) is 0. The number of hydrogen-bond acceptors (Lipinski definition) is 4. The van der Waals surface area contributed by atoms with Crippen LogP contribution in [0.1, 0.15) is 0 Å². The van der Waals surface area contributed by atoms with Crippen molar-refractivity contribution in [1.82, 2.24) is 0 Å². The second-order valence-corrected chi connectivity index (χ2v) is 5.32. The first kappa shape index (κ1) is 15.9. The standard InChI is InChI=1S/C20H20N2O2/c1-23-18-11-8-16(9-12-18)22(21)17-10-13-20(24-2)19(14-17)15-6-4-3-5-7-15/h3-14H,21H2,1-2H3. The van der Waals surface area contributed by atoms with Gasteiger partial charge in [0.05, 0.1) is 25.6 Å². The number of ether oxygens (including phenoxy) is 2. The second kappa shape index (κ2) is 7.06. The van der Waals surface area contributed by atoms with E-state index < -0.39 is 0 Å². The highest BCUT2D eigenvalue weighted by Crippen LogP contribution is 2.35. The molecule has 0 aliphatic rings. The van der Waals surface area contributed by atoms with E-state index >= 15 is 0 Å². The summed E-state index contributed by atoms with van der Waals surface area (Å²) in [5, 5.41) is 1.64. The van der Waals surface area contributed by atoms with Crippen molar-refractivity contribution in [3.8, 4) is 22.6 Å². The van der Waals surface area contributed by atoms with Gasteiger partial charge in [0.25, 0.3) is 0 Å². The molecule has 0 aliphatic carbocycles. The molecule has 0 bridgehead atoms. The molecule has 3 rings (SSSR count). The van der Waals surface area contributed by atoms with Gasteiger partial charge >= 0.3 is 0 Å². The van der Waals surface area contributed by atoms with Crippen LogP contribution in [0.5, 0.6) is 11.5 Å². The molecule has 0 unspecified atom stereocenters. The van der Waals surface area contributed by atoms with E-state index in [2.05, 4.69) is 12.1 Å². The van der Waals surface area contributed by atoms with Gasteiger partial charge in [0.15, 0.2) is 0 Å². The monoisotopic (exact) mass is 320 g/mol. The lowest BCUT2D eigenvalue weighted by atomic mass is 10.0. The molecule has 3 aromatic rings. The third kappa shape index (κ3) is 3.19. The molecule has 24 heavy (non-hydrogen) atoms. The number of nitrogens with zero attached hydrogens (tertiary/aromatic N) is 1. The van der Waals surface area contributed by atoms with Gasteiger partial charge in [-0.15, -0.1) is 0 Å². The number of hydrazine groups is 1. The van der Waals surface area contributed by atoms with Gasteiger partial charge in [-0.2, -0.15) is 0 Å². The van der Waals surface area contributed by atoms with E-state index in [4.69, 9.17) is 15.3 Å². The number of nitrogens with two attached hydrogens (primary N) is 1. The lowest BCUT2D eigenvalue weighted by Gasteiger charge is -2.21. The van der Waals surface area contributed by atoms with Crippen molar-refractivity contribution in [1.29, 1.82) is 0 Å². The van der Waals surface area contributed by atoms with Crippen LogP contribution in [0, 0.1) is 0 Å². The van der Waals surface area contributed by atoms with Gasteiger partial charge < -0.3 is 9.47 Å². The van der Waals surface area contributed by atoms with Crippen LogP contribution in [-0.4, -0.2) is 14.2 Å². The predicted octanol–water partition coefficient (Wildman–Crippen LogP) is 4.38. The Kier molecular flexibility index (Phi) is 4.68. The Morgan fingerprint density at radius 2 is 1.42 bits per heavy atom. The average molecular weight is 320 g/mol. The van der Waals surface area contributed by atoms with Crippen LogP contribution >= 0.6 is 0 Å². The fourth-order valence-electron chi connectivity index (χ4n) is 2.58. The first-order valence-corrected chi connectivity index (χ1v) is 7.65. The van der Waals surface area contributed by atoms with Crippen LogP contribution in [0.2, 0.25) is 0 Å². The largest absolute Gasteiger partial charge is 0.497 e. The number of methoxy groups -OCH3 is 2. The minimum Gasteiger partial charge on any atom is -0.497 e. The molecule has 0 aromatic heterocycles. The van der Waals surface area contributed by atoms with Crippen molar-refractivity contribution in [2.45, 2.75) is 0 Å². The molecular formula is C20H20N2O2. The molecule has 0 atom stereocenters. The van der Waals surface area contributed by atoms with Crippen LogP contribution in [0.15, 0.2) is 72.8 Å². The first-order valence-electron chi connectivity index (χ1n) is 7.65. The van der Waals surface area contributed by atoms with E-state index in [1.54, 1.807) is 19.2 Å². The summed E-state index contributed by atoms with van der Waals surface area (Å²) >= 11 is 0. The molecule has 0 aliphatic heterocycles. The van der Waals surface area contributed by atoms with Gasteiger partial charge in [0, 0.05) is 5.56 Å². The first-order chi connectivity index (χ1) is 11.7. The molecule has 122 valence electrons. The molecule has 4 nitrogen and oxygen atoms in total. The third-order valence-electron chi connectivity index (χ3n) is 3.90. The van der Waals surface area contributed by atoms with Crippen molar-refractivity contribution in [3.05, 3.63) is 72.8 Å². The van der Waals surface area contributed by atoms with E-state index in [0.717, 1.165) is 34.0 Å². The lowest BCUT2D eigenvalue weighted by Crippen LogP contribution is -2.24. The predicted molar refractivity (Wildman–Crippen MR) is 97.8 cm³/mol. The van der Waals surface area contributed by atoms with Gasteiger partial charge in [-0.1, -0.05) is 30.3 Å². The van der Waals surface area contributed by atoms with Gasteiger partial charge in [0.2, 0.25) is 0 Å². The molecule has 0 fully saturated rings. The Balaban J connectivity index is 1.98. The SMILES string of the molecule is COc1ccc(N(N)c2ccc(OC)c(-c3ccccc3)c2)cc1. The molecule has 0 radical (unpaired) electrons. The smallest absolute Gasteiger partial charge is 0.126 e. The minimum atomic E-state index is 0.798. The molecular weight excluding hydrogens is 300 g/mol. The maximum Gasteiger partial charge on any atom is 0.126 e. The third-order valence-corrected chi connectivity index (χ3v) is 3.90. The number of hydrogen-bond donors (Lipinski definition) is 1. The van der Waals surface area contributed by atoms with Gasteiger partial charge in [0.1, 0.15) is 11.5 Å². The second-order valence-electron chi connectivity index (χ2n) is 5.32. The Morgan fingerprint density at radius 3 is 2.04 bits per heavy atom. The Morgan fingerprint density at radius 1 is 0.750 bits per heavy atom. The van der Waals surface area contributed by atoms with Gasteiger partial charge in [-0.05, 0) is 48.0 Å². The summed E-state index contributed by atoms with van der Waals surface area (Å²) in [5.74, 6) is 7.91. The highest BCUT2D eigenvalue weighted by molar-refractivity contribution is 5.76. The highest BCUT2D eigenvalue weighted by atomic mass is 16.5. The number of benzene rings is 3. The average Bonchev–Trinajstić information content (AvgIpc) is 2.67. The molecule has 0 heterocycles. The van der Waals surface area contributed by atoms with E-state index in [1.165, 1.54) is 0 Å². The molecule has 0 amide bonds. The van der Waals surface area contributed by atoms with Crippen LogP contribution in [-0.2, 0) is 0 Å². The summed E-state index contributed by atoms with van der Waals surface area (Å²) in [6.07, 6.45) is 0. The van der Waals surface area contributed by atoms with Gasteiger partial charge in [-0.3, -0.25) is 5.01 Å². The maximum absolute atomic E-state index is 6.30. The van der Waals surface area contributed by atoms with Crippen LogP contribution in [0.3, 0.4) is 0 Å². The van der Waals surface area contributed by atoms with Crippen molar-refractivity contribution >= 4 is 11.4 Å². The zero-order chi connectivity index (χ0) is 16.9. The highest BCUT2D eigenvalue weighted by Gasteiger charge is 2.11. The van der Waals surface area contributed by atoms with Crippen molar-refractivity contribution in [2.24, 2.45) is 5.84 Å². The summed E-state index contributed by atoms with van der Waals surface area (Å²) in [6, 6.07) is 23.6. The maximum atomic E-state index is 6.30. The lowest BCUT2D eigenvalue weighted by molar-refractivity contribution is 0.415. The molecule has 0 spiro atoms. The molecule has 4 heteroatoms. The van der Waals surface area contributed by atoms with Crippen LogP contribution in [0.25, 0.3) is 11.1 Å². The topological polar surface area (TPSA) is 47.7 Å². The summed E-state index contributed by atoms with van der Waals surface area (Å²) in [5.41, 5.74) is 3.83.